The number of urea groups is 1. The molecule has 0 spiro atoms. The number of nitrogens with zero attached hydrogens (tertiary/aromatic N) is 3. The summed E-state index contributed by atoms with van der Waals surface area (Å²) in [6.45, 7) is 0.336. The smallest absolute Gasteiger partial charge is 0.291 e. The standard InChI is InChI=1S/C18H22N4O3/c23-16-15(12-20-11-13-6-5-9-19-10-13)17(24)22(18(25)21-16)14-7-3-1-2-4-8-14/h5-6,9-10,12,14-15H,1-4,7-8,11H2,(H,21,23,25). The lowest BCUT2D eigenvalue weighted by molar-refractivity contribution is -0.140. The molecule has 1 saturated heterocycles. The minimum Gasteiger partial charge on any atom is -0.291 e. The minimum atomic E-state index is -1.04. The minimum absolute atomic E-state index is 0.127. The van der Waals surface area contributed by atoms with Gasteiger partial charge in [0.2, 0.25) is 11.8 Å². The number of nitrogens with one attached hydrogen (secondary N) is 1. The molecule has 1 saturated carbocycles. The second-order valence-electron chi connectivity index (χ2n) is 6.48. The topological polar surface area (TPSA) is 91.7 Å². The van der Waals surface area contributed by atoms with Crippen molar-refractivity contribution in [1.29, 1.82) is 0 Å². The van der Waals surface area contributed by atoms with E-state index in [-0.39, 0.29) is 6.04 Å². The van der Waals surface area contributed by atoms with Gasteiger partial charge in [0.15, 0.2) is 5.92 Å². The lowest BCUT2D eigenvalue weighted by Gasteiger charge is -2.34. The molecule has 1 unspecified atom stereocenters. The average Bonchev–Trinajstić information content (AvgIpc) is 2.88. The van der Waals surface area contributed by atoms with Crippen molar-refractivity contribution in [2.45, 2.75) is 51.1 Å². The maximum Gasteiger partial charge on any atom is 0.331 e. The van der Waals surface area contributed by atoms with Crippen LogP contribution in [0.5, 0.6) is 0 Å². The SMILES string of the molecule is O=C1NC(=O)N(C2CCCCCC2)C(=O)C1C=NCc1cccnc1. The number of rotatable bonds is 4. The van der Waals surface area contributed by atoms with Crippen LogP contribution in [0.3, 0.4) is 0 Å². The molecule has 1 N–H and O–H groups in total. The molecule has 1 aliphatic heterocycles. The van der Waals surface area contributed by atoms with E-state index >= 15 is 0 Å². The predicted octanol–water partition coefficient (Wildman–Crippen LogP) is 2.07. The Kier molecular flexibility index (Phi) is 5.53. The van der Waals surface area contributed by atoms with Gasteiger partial charge in [0.25, 0.3) is 0 Å². The van der Waals surface area contributed by atoms with E-state index in [9.17, 15) is 14.4 Å². The van der Waals surface area contributed by atoms with Gasteiger partial charge in [-0.05, 0) is 24.5 Å². The Labute approximate surface area is 146 Å². The molecule has 0 radical (unpaired) electrons. The summed E-state index contributed by atoms with van der Waals surface area (Å²) in [5, 5.41) is 2.30. The summed E-state index contributed by atoms with van der Waals surface area (Å²) in [5.41, 5.74) is 0.888. The Bertz CT molecular complexity index is 666. The lowest BCUT2D eigenvalue weighted by Crippen LogP contribution is -2.61. The summed E-state index contributed by atoms with van der Waals surface area (Å²) in [7, 11) is 0. The molecular formula is C18H22N4O3. The van der Waals surface area contributed by atoms with Crippen LogP contribution in [0.25, 0.3) is 0 Å². The first kappa shape index (κ1) is 17.3. The molecule has 1 aromatic heterocycles. The molecule has 1 aromatic rings. The highest BCUT2D eigenvalue weighted by Crippen LogP contribution is 2.24. The molecule has 4 amide bonds. The van der Waals surface area contributed by atoms with Gasteiger partial charge in [0, 0.05) is 24.7 Å². The van der Waals surface area contributed by atoms with Crippen molar-refractivity contribution >= 4 is 24.1 Å². The third-order valence-electron chi connectivity index (χ3n) is 4.68. The molecule has 1 aliphatic carbocycles. The van der Waals surface area contributed by atoms with Crippen molar-refractivity contribution < 1.29 is 14.4 Å². The summed E-state index contributed by atoms with van der Waals surface area (Å²) in [5.74, 6) is -2.11. The monoisotopic (exact) mass is 342 g/mol. The first-order valence-electron chi connectivity index (χ1n) is 8.73. The summed E-state index contributed by atoms with van der Waals surface area (Å²) in [6, 6.07) is 2.95. The van der Waals surface area contributed by atoms with Crippen LogP contribution in [0.2, 0.25) is 0 Å². The van der Waals surface area contributed by atoms with Crippen LogP contribution in [-0.4, -0.2) is 40.0 Å². The Balaban J connectivity index is 1.71. The molecule has 132 valence electrons. The number of aromatic nitrogens is 1. The van der Waals surface area contributed by atoms with Gasteiger partial charge < -0.3 is 0 Å². The summed E-state index contributed by atoms with van der Waals surface area (Å²) < 4.78 is 0. The van der Waals surface area contributed by atoms with Crippen LogP contribution in [0.1, 0.15) is 44.1 Å². The lowest BCUT2D eigenvalue weighted by atomic mass is 10.0. The van der Waals surface area contributed by atoms with Gasteiger partial charge in [-0.25, -0.2) is 4.79 Å². The van der Waals surface area contributed by atoms with Gasteiger partial charge in [-0.3, -0.25) is 29.8 Å². The van der Waals surface area contributed by atoms with E-state index in [1.54, 1.807) is 18.5 Å². The number of carbonyl (C=O) groups is 3. The van der Waals surface area contributed by atoms with Crippen LogP contribution in [0, 0.1) is 5.92 Å². The quantitative estimate of drug-likeness (QED) is 0.515. The van der Waals surface area contributed by atoms with Crippen LogP contribution < -0.4 is 5.32 Å². The molecule has 2 aliphatic rings. The van der Waals surface area contributed by atoms with E-state index in [1.807, 2.05) is 6.07 Å². The number of amides is 4. The number of hydrogen-bond acceptors (Lipinski definition) is 5. The van der Waals surface area contributed by atoms with E-state index in [2.05, 4.69) is 15.3 Å². The molecule has 2 fully saturated rings. The number of hydrogen-bond donors (Lipinski definition) is 1. The predicted molar refractivity (Wildman–Crippen MR) is 91.8 cm³/mol. The van der Waals surface area contributed by atoms with Gasteiger partial charge in [0.05, 0.1) is 6.54 Å². The van der Waals surface area contributed by atoms with Crippen LogP contribution in [-0.2, 0) is 16.1 Å². The van der Waals surface area contributed by atoms with Gasteiger partial charge in [-0.1, -0.05) is 31.7 Å². The Hall–Kier alpha value is -2.57. The highest BCUT2D eigenvalue weighted by Gasteiger charge is 2.42. The van der Waals surface area contributed by atoms with Gasteiger partial charge >= 0.3 is 6.03 Å². The van der Waals surface area contributed by atoms with Crippen LogP contribution >= 0.6 is 0 Å². The Morgan fingerprint density at radius 3 is 2.64 bits per heavy atom. The first-order valence-corrected chi connectivity index (χ1v) is 8.73. The van der Waals surface area contributed by atoms with Crippen molar-refractivity contribution in [3.8, 4) is 0 Å². The summed E-state index contributed by atoms with van der Waals surface area (Å²) in [4.78, 5) is 46.4. The van der Waals surface area contributed by atoms with Crippen molar-refractivity contribution in [3.05, 3.63) is 30.1 Å². The van der Waals surface area contributed by atoms with E-state index in [0.29, 0.717) is 6.54 Å². The molecule has 7 heteroatoms. The maximum atomic E-state index is 12.7. The molecule has 2 heterocycles. The Morgan fingerprint density at radius 2 is 1.96 bits per heavy atom. The van der Waals surface area contributed by atoms with E-state index in [1.165, 1.54) is 11.1 Å². The fraction of sp³-hybridized carbons (Fsp3) is 0.500. The maximum absolute atomic E-state index is 12.7. The molecule has 7 nitrogen and oxygen atoms in total. The molecular weight excluding hydrogens is 320 g/mol. The van der Waals surface area contributed by atoms with Crippen molar-refractivity contribution in [1.82, 2.24) is 15.2 Å². The highest BCUT2D eigenvalue weighted by atomic mass is 16.2. The third-order valence-corrected chi connectivity index (χ3v) is 4.68. The molecule has 3 rings (SSSR count). The molecule has 1 atom stereocenters. The van der Waals surface area contributed by atoms with E-state index in [0.717, 1.165) is 44.1 Å². The normalized spacial score (nSPS) is 23.0. The van der Waals surface area contributed by atoms with Gasteiger partial charge in [-0.15, -0.1) is 0 Å². The zero-order valence-electron chi connectivity index (χ0n) is 14.1. The summed E-state index contributed by atoms with van der Waals surface area (Å²) in [6.07, 6.45) is 10.5. The van der Waals surface area contributed by atoms with Gasteiger partial charge in [-0.2, -0.15) is 0 Å². The molecule has 25 heavy (non-hydrogen) atoms. The number of aliphatic imine (C=N–C) groups is 1. The largest absolute Gasteiger partial charge is 0.331 e. The fourth-order valence-corrected chi connectivity index (χ4v) is 3.35. The second kappa shape index (κ2) is 8.00. The second-order valence-corrected chi connectivity index (χ2v) is 6.48. The van der Waals surface area contributed by atoms with Crippen molar-refractivity contribution in [2.75, 3.05) is 0 Å². The number of barbiturate groups is 1. The Morgan fingerprint density at radius 1 is 1.20 bits per heavy atom. The fourth-order valence-electron chi connectivity index (χ4n) is 3.35. The van der Waals surface area contributed by atoms with Crippen LogP contribution in [0.4, 0.5) is 4.79 Å². The summed E-state index contributed by atoms with van der Waals surface area (Å²) >= 11 is 0. The molecule has 0 aromatic carbocycles. The number of pyridine rings is 1. The molecule has 0 bridgehead atoms. The zero-order valence-corrected chi connectivity index (χ0v) is 14.1. The number of carbonyl (C=O) groups excluding carboxylic acids is 3. The van der Waals surface area contributed by atoms with Gasteiger partial charge in [0.1, 0.15) is 0 Å². The van der Waals surface area contributed by atoms with Crippen LogP contribution in [0.15, 0.2) is 29.5 Å². The highest BCUT2D eigenvalue weighted by molar-refractivity contribution is 6.23. The first-order chi connectivity index (χ1) is 12.2. The number of imide groups is 2. The van der Waals surface area contributed by atoms with E-state index < -0.39 is 23.8 Å². The van der Waals surface area contributed by atoms with Crippen molar-refractivity contribution in [3.63, 3.8) is 0 Å². The van der Waals surface area contributed by atoms with Crippen molar-refractivity contribution in [2.24, 2.45) is 10.9 Å². The average molecular weight is 342 g/mol. The third kappa shape index (κ3) is 4.10. The van der Waals surface area contributed by atoms with E-state index in [4.69, 9.17) is 0 Å². The zero-order chi connectivity index (χ0) is 17.6.